The molecule has 1 aromatic heterocycles. The number of benzene rings is 1. The standard InChI is InChI=1S/C12H12ClN3O/c1-7-6-8(2-3-9(7)13)17-11-5-4-10(14)12(15)16-11/h2-6H,14H2,1H3,(H2,15,16). The van der Waals surface area contributed by atoms with E-state index in [1.165, 1.54) is 0 Å². The van der Waals surface area contributed by atoms with E-state index < -0.39 is 0 Å². The van der Waals surface area contributed by atoms with Crippen LogP contribution in [0.2, 0.25) is 5.02 Å². The van der Waals surface area contributed by atoms with E-state index >= 15 is 0 Å². The van der Waals surface area contributed by atoms with Gasteiger partial charge in [0, 0.05) is 11.1 Å². The van der Waals surface area contributed by atoms with Crippen LogP contribution in [0, 0.1) is 6.92 Å². The molecule has 0 fully saturated rings. The predicted molar refractivity (Wildman–Crippen MR) is 69.3 cm³/mol. The van der Waals surface area contributed by atoms with Crippen molar-refractivity contribution >= 4 is 23.1 Å². The summed E-state index contributed by atoms with van der Waals surface area (Å²) in [5.41, 5.74) is 12.5. The molecule has 2 aromatic rings. The largest absolute Gasteiger partial charge is 0.439 e. The summed E-state index contributed by atoms with van der Waals surface area (Å²) in [5.74, 6) is 1.31. The van der Waals surface area contributed by atoms with Crippen molar-refractivity contribution < 1.29 is 4.74 Å². The Morgan fingerprint density at radius 3 is 2.59 bits per heavy atom. The van der Waals surface area contributed by atoms with E-state index in [0.717, 1.165) is 5.56 Å². The zero-order chi connectivity index (χ0) is 12.4. The number of nitrogens with two attached hydrogens (primary N) is 2. The second kappa shape index (κ2) is 4.51. The number of hydrogen-bond donors (Lipinski definition) is 2. The van der Waals surface area contributed by atoms with Crippen LogP contribution in [0.4, 0.5) is 11.5 Å². The fourth-order valence-corrected chi connectivity index (χ4v) is 1.44. The molecule has 0 aliphatic rings. The molecule has 0 saturated heterocycles. The molecular formula is C12H12ClN3O. The Balaban J connectivity index is 2.25. The van der Waals surface area contributed by atoms with Crippen molar-refractivity contribution in [2.24, 2.45) is 0 Å². The highest BCUT2D eigenvalue weighted by atomic mass is 35.5. The Hall–Kier alpha value is -1.94. The number of ether oxygens (including phenoxy) is 1. The molecule has 0 aliphatic carbocycles. The molecule has 1 aromatic carbocycles. The van der Waals surface area contributed by atoms with Crippen LogP contribution >= 0.6 is 11.6 Å². The quantitative estimate of drug-likeness (QED) is 0.858. The topological polar surface area (TPSA) is 74.2 Å². The highest BCUT2D eigenvalue weighted by molar-refractivity contribution is 6.31. The van der Waals surface area contributed by atoms with E-state index in [1.54, 1.807) is 24.3 Å². The number of rotatable bonds is 2. The van der Waals surface area contributed by atoms with Crippen molar-refractivity contribution in [3.63, 3.8) is 0 Å². The van der Waals surface area contributed by atoms with Crippen LogP contribution in [0.15, 0.2) is 30.3 Å². The first kappa shape index (κ1) is 11.5. The van der Waals surface area contributed by atoms with Gasteiger partial charge in [0.1, 0.15) is 5.75 Å². The van der Waals surface area contributed by atoms with Gasteiger partial charge in [-0.15, -0.1) is 0 Å². The van der Waals surface area contributed by atoms with Gasteiger partial charge in [-0.25, -0.2) is 0 Å². The van der Waals surface area contributed by atoms with Gasteiger partial charge in [-0.05, 0) is 36.8 Å². The maximum atomic E-state index is 5.92. The molecule has 4 N–H and O–H groups in total. The summed E-state index contributed by atoms with van der Waals surface area (Å²) in [6.07, 6.45) is 0. The summed E-state index contributed by atoms with van der Waals surface area (Å²) in [5, 5.41) is 0.696. The van der Waals surface area contributed by atoms with E-state index in [2.05, 4.69) is 4.98 Å². The first-order chi connectivity index (χ1) is 8.06. The van der Waals surface area contributed by atoms with Gasteiger partial charge in [0.25, 0.3) is 0 Å². The minimum atomic E-state index is 0.258. The normalized spacial score (nSPS) is 10.2. The maximum absolute atomic E-state index is 5.92. The summed E-state index contributed by atoms with van der Waals surface area (Å²) < 4.78 is 5.54. The molecule has 0 radical (unpaired) electrons. The van der Waals surface area contributed by atoms with Gasteiger partial charge in [0.2, 0.25) is 5.88 Å². The second-order valence-corrected chi connectivity index (χ2v) is 4.04. The van der Waals surface area contributed by atoms with Crippen LogP contribution < -0.4 is 16.2 Å². The van der Waals surface area contributed by atoms with Crippen molar-refractivity contribution in [2.75, 3.05) is 11.5 Å². The fourth-order valence-electron chi connectivity index (χ4n) is 1.33. The molecule has 0 saturated carbocycles. The van der Waals surface area contributed by atoms with Crippen LogP contribution in [0.1, 0.15) is 5.56 Å². The fraction of sp³-hybridized carbons (Fsp3) is 0.0833. The summed E-state index contributed by atoms with van der Waals surface area (Å²) >= 11 is 5.92. The van der Waals surface area contributed by atoms with E-state index in [-0.39, 0.29) is 5.82 Å². The predicted octanol–water partition coefficient (Wildman–Crippen LogP) is 3.00. The number of aryl methyl sites for hydroxylation is 1. The number of nitrogen functional groups attached to an aromatic ring is 2. The lowest BCUT2D eigenvalue weighted by molar-refractivity contribution is 0.463. The molecule has 0 unspecified atom stereocenters. The minimum Gasteiger partial charge on any atom is -0.439 e. The Kier molecular flexibility index (Phi) is 3.06. The van der Waals surface area contributed by atoms with Crippen LogP contribution in [-0.2, 0) is 0 Å². The smallest absolute Gasteiger partial charge is 0.221 e. The van der Waals surface area contributed by atoms with Gasteiger partial charge in [0.15, 0.2) is 5.82 Å². The van der Waals surface area contributed by atoms with Gasteiger partial charge < -0.3 is 16.2 Å². The summed E-state index contributed by atoms with van der Waals surface area (Å²) in [7, 11) is 0. The van der Waals surface area contributed by atoms with Crippen molar-refractivity contribution in [1.82, 2.24) is 4.98 Å². The number of halogens is 1. The lowest BCUT2D eigenvalue weighted by atomic mass is 10.2. The zero-order valence-corrected chi connectivity index (χ0v) is 10.0. The van der Waals surface area contributed by atoms with Crippen LogP contribution in [0.5, 0.6) is 11.6 Å². The van der Waals surface area contributed by atoms with Gasteiger partial charge in [0.05, 0.1) is 5.69 Å². The lowest BCUT2D eigenvalue weighted by Gasteiger charge is -2.07. The highest BCUT2D eigenvalue weighted by Gasteiger charge is 2.03. The highest BCUT2D eigenvalue weighted by Crippen LogP contribution is 2.26. The van der Waals surface area contributed by atoms with E-state index in [4.69, 9.17) is 27.8 Å². The van der Waals surface area contributed by atoms with Crippen molar-refractivity contribution in [2.45, 2.75) is 6.92 Å². The Bertz CT molecular complexity index is 508. The molecule has 0 atom stereocenters. The average Bonchev–Trinajstić information content (AvgIpc) is 2.29. The number of nitrogens with zero attached hydrogens (tertiary/aromatic N) is 1. The van der Waals surface area contributed by atoms with Gasteiger partial charge in [-0.2, -0.15) is 4.98 Å². The molecule has 5 heteroatoms. The van der Waals surface area contributed by atoms with Crippen molar-refractivity contribution in [3.05, 3.63) is 40.9 Å². The third-order valence-corrected chi connectivity index (χ3v) is 2.71. The number of anilines is 2. The van der Waals surface area contributed by atoms with E-state index in [0.29, 0.717) is 22.3 Å². The van der Waals surface area contributed by atoms with Crippen molar-refractivity contribution in [3.8, 4) is 11.6 Å². The summed E-state index contributed by atoms with van der Waals surface area (Å²) in [6.45, 7) is 1.90. The van der Waals surface area contributed by atoms with Crippen LogP contribution in [0.3, 0.4) is 0 Å². The molecule has 0 amide bonds. The monoisotopic (exact) mass is 249 g/mol. The molecular weight excluding hydrogens is 238 g/mol. The summed E-state index contributed by atoms with van der Waals surface area (Å²) in [4.78, 5) is 4.02. The van der Waals surface area contributed by atoms with Gasteiger partial charge >= 0.3 is 0 Å². The average molecular weight is 250 g/mol. The van der Waals surface area contributed by atoms with Crippen LogP contribution in [-0.4, -0.2) is 4.98 Å². The second-order valence-electron chi connectivity index (χ2n) is 3.64. The third-order valence-electron chi connectivity index (χ3n) is 2.28. The Labute approximate surface area is 104 Å². The van der Waals surface area contributed by atoms with E-state index in [1.807, 2.05) is 13.0 Å². The SMILES string of the molecule is Cc1cc(Oc2ccc(N)c(N)n2)ccc1Cl. The third kappa shape index (κ3) is 2.60. The van der Waals surface area contributed by atoms with Gasteiger partial charge in [-0.3, -0.25) is 0 Å². The molecule has 88 valence electrons. The molecule has 0 bridgehead atoms. The first-order valence-electron chi connectivity index (χ1n) is 5.02. The van der Waals surface area contributed by atoms with E-state index in [9.17, 15) is 0 Å². The number of hydrogen-bond acceptors (Lipinski definition) is 4. The molecule has 4 nitrogen and oxygen atoms in total. The Morgan fingerprint density at radius 1 is 1.18 bits per heavy atom. The molecule has 0 aliphatic heterocycles. The number of pyridine rings is 1. The first-order valence-corrected chi connectivity index (χ1v) is 5.40. The summed E-state index contributed by atoms with van der Waals surface area (Å²) in [6, 6.07) is 8.68. The maximum Gasteiger partial charge on any atom is 0.221 e. The molecule has 1 heterocycles. The Morgan fingerprint density at radius 2 is 1.94 bits per heavy atom. The molecule has 17 heavy (non-hydrogen) atoms. The van der Waals surface area contributed by atoms with Crippen molar-refractivity contribution in [1.29, 1.82) is 0 Å². The molecule has 2 rings (SSSR count). The lowest BCUT2D eigenvalue weighted by Crippen LogP contribution is -1.98. The molecule has 0 spiro atoms. The van der Waals surface area contributed by atoms with Crippen LogP contribution in [0.25, 0.3) is 0 Å². The minimum absolute atomic E-state index is 0.258. The van der Waals surface area contributed by atoms with Gasteiger partial charge in [-0.1, -0.05) is 11.6 Å². The zero-order valence-electron chi connectivity index (χ0n) is 9.27. The number of aromatic nitrogens is 1.